The van der Waals surface area contributed by atoms with E-state index in [9.17, 15) is 10.2 Å². The molecule has 0 bridgehead atoms. The summed E-state index contributed by atoms with van der Waals surface area (Å²) < 4.78 is 5.84. The van der Waals surface area contributed by atoms with Crippen molar-refractivity contribution in [3.63, 3.8) is 0 Å². The van der Waals surface area contributed by atoms with Crippen LogP contribution < -0.4 is 4.74 Å². The molecule has 3 N–H and O–H groups in total. The molecule has 20 heavy (non-hydrogen) atoms. The molecular formula is C15H13NO4. The molecule has 0 aliphatic carbocycles. The summed E-state index contributed by atoms with van der Waals surface area (Å²) >= 11 is 0. The number of benzene rings is 2. The molecule has 1 unspecified atom stereocenters. The Hall–Kier alpha value is -2.69. The fourth-order valence-corrected chi connectivity index (χ4v) is 2.30. The van der Waals surface area contributed by atoms with Crippen molar-refractivity contribution in [3.05, 3.63) is 53.6 Å². The van der Waals surface area contributed by atoms with E-state index in [0.29, 0.717) is 23.4 Å². The smallest absolute Gasteiger partial charge is 0.133 e. The quantitative estimate of drug-likeness (QED) is 0.550. The molecule has 0 fully saturated rings. The number of aromatic hydroxyl groups is 2. The number of ether oxygens (including phenoxy) is 1. The fraction of sp³-hybridized carbons (Fsp3) is 0.133. The Balaban J connectivity index is 2.00. The van der Waals surface area contributed by atoms with Gasteiger partial charge >= 0.3 is 0 Å². The third-order valence-electron chi connectivity index (χ3n) is 3.31. The van der Waals surface area contributed by atoms with Crippen LogP contribution in [-0.4, -0.2) is 21.1 Å². The van der Waals surface area contributed by atoms with Crippen LogP contribution in [0.5, 0.6) is 17.2 Å². The minimum atomic E-state index is -0.323. The third kappa shape index (κ3) is 2.14. The molecule has 5 heteroatoms. The highest BCUT2D eigenvalue weighted by molar-refractivity contribution is 6.03. The minimum Gasteiger partial charge on any atom is -0.508 e. The molecule has 1 aliphatic rings. The van der Waals surface area contributed by atoms with Gasteiger partial charge < -0.3 is 20.2 Å². The predicted octanol–water partition coefficient (Wildman–Crippen LogP) is 2.80. The Bertz CT molecular complexity index is 664. The van der Waals surface area contributed by atoms with Crippen molar-refractivity contribution in [3.8, 4) is 17.2 Å². The average Bonchev–Trinajstić information content (AvgIpc) is 2.46. The lowest BCUT2D eigenvalue weighted by Crippen LogP contribution is -2.21. The number of nitrogens with zero attached hydrogens (tertiary/aromatic N) is 1. The van der Waals surface area contributed by atoms with Crippen LogP contribution in [0.1, 0.15) is 23.7 Å². The van der Waals surface area contributed by atoms with E-state index in [-0.39, 0.29) is 17.6 Å². The van der Waals surface area contributed by atoms with Crippen LogP contribution in [0.3, 0.4) is 0 Å². The highest BCUT2D eigenvalue weighted by Crippen LogP contribution is 2.37. The summed E-state index contributed by atoms with van der Waals surface area (Å²) in [6.45, 7) is 0. The predicted molar refractivity (Wildman–Crippen MR) is 72.5 cm³/mol. The van der Waals surface area contributed by atoms with Gasteiger partial charge in [0.15, 0.2) is 0 Å². The Morgan fingerprint density at radius 2 is 1.70 bits per heavy atom. The standard InChI is InChI=1S/C15H13NO4/c17-10-3-1-9(2-4-10)14-8-13(16-19)12-6-5-11(18)7-15(12)20-14/h1-7,14,17-19H,8H2/b16-13+. The Morgan fingerprint density at radius 1 is 1.00 bits per heavy atom. The SMILES string of the molecule is O/N=C1\CC(c2ccc(O)cc2)Oc2cc(O)ccc21. The van der Waals surface area contributed by atoms with Crippen molar-refractivity contribution < 1.29 is 20.2 Å². The Labute approximate surface area is 115 Å². The molecule has 102 valence electrons. The van der Waals surface area contributed by atoms with E-state index in [1.165, 1.54) is 12.1 Å². The maximum absolute atomic E-state index is 9.52. The van der Waals surface area contributed by atoms with Gasteiger partial charge in [-0.15, -0.1) is 0 Å². The van der Waals surface area contributed by atoms with Crippen molar-refractivity contribution in [1.29, 1.82) is 0 Å². The average molecular weight is 271 g/mol. The largest absolute Gasteiger partial charge is 0.508 e. The molecule has 2 aromatic rings. The zero-order chi connectivity index (χ0) is 14.1. The summed E-state index contributed by atoms with van der Waals surface area (Å²) in [5.74, 6) is 0.744. The van der Waals surface area contributed by atoms with Gasteiger partial charge in [0.1, 0.15) is 23.4 Å². The zero-order valence-electron chi connectivity index (χ0n) is 10.5. The van der Waals surface area contributed by atoms with Gasteiger partial charge in [-0.05, 0) is 29.8 Å². The molecule has 0 aromatic heterocycles. The molecule has 0 saturated carbocycles. The molecule has 1 heterocycles. The molecule has 3 rings (SSSR count). The number of fused-ring (bicyclic) bond motifs is 1. The normalized spacial score (nSPS) is 19.4. The molecule has 0 amide bonds. The van der Waals surface area contributed by atoms with Crippen LogP contribution in [0.4, 0.5) is 0 Å². The van der Waals surface area contributed by atoms with Crippen molar-refractivity contribution in [2.75, 3.05) is 0 Å². The number of phenolic OH excluding ortho intramolecular Hbond substituents is 2. The van der Waals surface area contributed by atoms with Crippen molar-refractivity contribution in [2.45, 2.75) is 12.5 Å². The van der Waals surface area contributed by atoms with Gasteiger partial charge in [-0.2, -0.15) is 0 Å². The van der Waals surface area contributed by atoms with Crippen LogP contribution in [0.25, 0.3) is 0 Å². The van der Waals surface area contributed by atoms with Crippen molar-refractivity contribution >= 4 is 5.71 Å². The molecule has 0 radical (unpaired) electrons. The van der Waals surface area contributed by atoms with Gasteiger partial charge in [-0.3, -0.25) is 0 Å². The van der Waals surface area contributed by atoms with Gasteiger partial charge in [0.25, 0.3) is 0 Å². The van der Waals surface area contributed by atoms with Crippen LogP contribution in [0, 0.1) is 0 Å². The zero-order valence-corrected chi connectivity index (χ0v) is 10.5. The van der Waals surface area contributed by atoms with E-state index in [1.54, 1.807) is 30.3 Å². The second-order valence-electron chi connectivity index (χ2n) is 4.63. The molecular weight excluding hydrogens is 258 g/mol. The molecule has 2 aromatic carbocycles. The number of oxime groups is 1. The van der Waals surface area contributed by atoms with E-state index in [2.05, 4.69) is 5.16 Å². The topological polar surface area (TPSA) is 82.3 Å². The highest BCUT2D eigenvalue weighted by atomic mass is 16.5. The van der Waals surface area contributed by atoms with Crippen LogP contribution in [0.15, 0.2) is 47.6 Å². The van der Waals surface area contributed by atoms with Gasteiger partial charge in [0.2, 0.25) is 0 Å². The van der Waals surface area contributed by atoms with Gasteiger partial charge in [-0.25, -0.2) is 0 Å². The number of rotatable bonds is 1. The lowest BCUT2D eigenvalue weighted by Gasteiger charge is -2.27. The van der Waals surface area contributed by atoms with E-state index >= 15 is 0 Å². The molecule has 1 aliphatic heterocycles. The maximum Gasteiger partial charge on any atom is 0.133 e. The van der Waals surface area contributed by atoms with Crippen LogP contribution >= 0.6 is 0 Å². The van der Waals surface area contributed by atoms with Crippen molar-refractivity contribution in [1.82, 2.24) is 0 Å². The Morgan fingerprint density at radius 3 is 2.40 bits per heavy atom. The monoisotopic (exact) mass is 271 g/mol. The summed E-state index contributed by atoms with van der Waals surface area (Å²) in [6, 6.07) is 11.3. The number of phenols is 2. The fourth-order valence-electron chi connectivity index (χ4n) is 2.30. The van der Waals surface area contributed by atoms with E-state index in [1.807, 2.05) is 0 Å². The van der Waals surface area contributed by atoms with E-state index < -0.39 is 0 Å². The lowest BCUT2D eigenvalue weighted by atomic mass is 9.95. The van der Waals surface area contributed by atoms with Crippen LogP contribution in [-0.2, 0) is 0 Å². The van der Waals surface area contributed by atoms with Crippen molar-refractivity contribution in [2.24, 2.45) is 5.16 Å². The second kappa shape index (κ2) is 4.77. The number of hydrogen-bond acceptors (Lipinski definition) is 5. The van der Waals surface area contributed by atoms with E-state index in [4.69, 9.17) is 9.94 Å². The minimum absolute atomic E-state index is 0.0902. The summed E-state index contributed by atoms with van der Waals surface area (Å²) in [6.07, 6.45) is 0.0924. The molecule has 0 spiro atoms. The summed E-state index contributed by atoms with van der Waals surface area (Å²) in [4.78, 5) is 0. The first-order valence-corrected chi connectivity index (χ1v) is 6.17. The first kappa shape index (κ1) is 12.3. The summed E-state index contributed by atoms with van der Waals surface area (Å²) in [5.41, 5.74) is 2.03. The van der Waals surface area contributed by atoms with Gasteiger partial charge in [0.05, 0.1) is 5.71 Å². The Kier molecular flexibility index (Phi) is 2.95. The molecule has 0 saturated heterocycles. The first-order chi connectivity index (χ1) is 9.67. The summed E-state index contributed by atoms with van der Waals surface area (Å²) in [5, 5.41) is 31.3. The van der Waals surface area contributed by atoms with Crippen LogP contribution in [0.2, 0.25) is 0 Å². The summed E-state index contributed by atoms with van der Waals surface area (Å²) in [7, 11) is 0. The highest BCUT2D eigenvalue weighted by Gasteiger charge is 2.27. The molecule has 5 nitrogen and oxygen atoms in total. The van der Waals surface area contributed by atoms with E-state index in [0.717, 1.165) is 5.56 Å². The third-order valence-corrected chi connectivity index (χ3v) is 3.31. The molecule has 1 atom stereocenters. The van der Waals surface area contributed by atoms with Gasteiger partial charge in [0, 0.05) is 18.1 Å². The number of hydrogen-bond donors (Lipinski definition) is 3. The first-order valence-electron chi connectivity index (χ1n) is 6.17. The second-order valence-corrected chi connectivity index (χ2v) is 4.63. The maximum atomic E-state index is 9.52. The van der Waals surface area contributed by atoms with Gasteiger partial charge in [-0.1, -0.05) is 17.3 Å². The lowest BCUT2D eigenvalue weighted by molar-refractivity contribution is 0.202.